The van der Waals surface area contributed by atoms with Crippen LogP contribution in [0.5, 0.6) is 5.75 Å². The predicted octanol–water partition coefficient (Wildman–Crippen LogP) is 0.986. The molecular weight excluding hydrogens is 212 g/mol. The zero-order chi connectivity index (χ0) is 12.1. The van der Waals surface area contributed by atoms with Gasteiger partial charge < -0.3 is 15.6 Å². The van der Waals surface area contributed by atoms with Crippen LogP contribution in [0.2, 0.25) is 0 Å². The fourth-order valence-corrected chi connectivity index (χ4v) is 1.48. The highest BCUT2D eigenvalue weighted by atomic mass is 16.6. The maximum Gasteiger partial charge on any atom is 0.316 e. The van der Waals surface area contributed by atoms with Crippen molar-refractivity contribution in [3.8, 4) is 5.75 Å². The molecule has 0 unspecified atom stereocenters. The van der Waals surface area contributed by atoms with Crippen molar-refractivity contribution < 1.29 is 14.8 Å². The van der Waals surface area contributed by atoms with Crippen LogP contribution in [-0.2, 0) is 0 Å². The molecule has 1 atom stereocenters. The highest BCUT2D eigenvalue weighted by Gasteiger charge is 2.24. The topological polar surface area (TPSA) is 98.6 Å². The normalized spacial score (nSPS) is 12.2. The molecule has 0 amide bonds. The molecule has 6 heteroatoms. The van der Waals surface area contributed by atoms with Gasteiger partial charge in [0.15, 0.2) is 5.75 Å². The first-order valence-corrected chi connectivity index (χ1v) is 4.81. The van der Waals surface area contributed by atoms with Gasteiger partial charge in [-0.2, -0.15) is 0 Å². The number of ether oxygens (including phenoxy) is 1. The third-order valence-electron chi connectivity index (χ3n) is 2.23. The van der Waals surface area contributed by atoms with Crippen molar-refractivity contribution in [2.24, 2.45) is 5.73 Å². The molecule has 0 saturated heterocycles. The average Bonchev–Trinajstić information content (AvgIpc) is 2.28. The van der Waals surface area contributed by atoms with Crippen molar-refractivity contribution in [2.45, 2.75) is 12.5 Å². The monoisotopic (exact) mass is 226 g/mol. The minimum atomic E-state index is -0.944. The van der Waals surface area contributed by atoms with Gasteiger partial charge in [0.2, 0.25) is 0 Å². The van der Waals surface area contributed by atoms with E-state index in [0.717, 1.165) is 0 Å². The van der Waals surface area contributed by atoms with Crippen LogP contribution in [-0.4, -0.2) is 23.7 Å². The third-order valence-corrected chi connectivity index (χ3v) is 2.23. The highest BCUT2D eigenvalue weighted by Crippen LogP contribution is 2.35. The SMILES string of the molecule is COc1cccc([C@@H](O)CCN)c1[N+](=O)[O-]. The van der Waals surface area contributed by atoms with Crippen molar-refractivity contribution >= 4 is 5.69 Å². The second-order valence-corrected chi connectivity index (χ2v) is 3.25. The fraction of sp³-hybridized carbons (Fsp3) is 0.400. The Balaban J connectivity index is 3.21. The second-order valence-electron chi connectivity index (χ2n) is 3.25. The molecule has 16 heavy (non-hydrogen) atoms. The zero-order valence-electron chi connectivity index (χ0n) is 8.92. The fourth-order valence-electron chi connectivity index (χ4n) is 1.48. The second kappa shape index (κ2) is 5.43. The minimum Gasteiger partial charge on any atom is -0.490 e. The quantitative estimate of drug-likeness (QED) is 0.576. The smallest absolute Gasteiger partial charge is 0.316 e. The average molecular weight is 226 g/mol. The van der Waals surface area contributed by atoms with E-state index in [4.69, 9.17) is 10.5 Å². The Morgan fingerprint density at radius 1 is 1.62 bits per heavy atom. The number of aliphatic hydroxyl groups excluding tert-OH is 1. The number of nitro benzene ring substituents is 1. The minimum absolute atomic E-state index is 0.138. The van der Waals surface area contributed by atoms with Crippen molar-refractivity contribution in [3.05, 3.63) is 33.9 Å². The van der Waals surface area contributed by atoms with Gasteiger partial charge in [-0.1, -0.05) is 6.07 Å². The first-order chi connectivity index (χ1) is 7.61. The van der Waals surface area contributed by atoms with Crippen molar-refractivity contribution in [2.75, 3.05) is 13.7 Å². The summed E-state index contributed by atoms with van der Waals surface area (Å²) in [7, 11) is 1.35. The Morgan fingerprint density at radius 3 is 2.81 bits per heavy atom. The van der Waals surface area contributed by atoms with E-state index < -0.39 is 11.0 Å². The lowest BCUT2D eigenvalue weighted by Crippen LogP contribution is -2.09. The number of rotatable bonds is 5. The van der Waals surface area contributed by atoms with Crippen molar-refractivity contribution in [1.82, 2.24) is 0 Å². The van der Waals surface area contributed by atoms with Crippen LogP contribution in [0.15, 0.2) is 18.2 Å². The maximum atomic E-state index is 10.9. The summed E-state index contributed by atoms with van der Waals surface area (Å²) >= 11 is 0. The Labute approximate surface area is 92.8 Å². The molecule has 0 aliphatic heterocycles. The summed E-state index contributed by atoms with van der Waals surface area (Å²) in [4.78, 5) is 10.3. The van der Waals surface area contributed by atoms with Gasteiger partial charge in [0.25, 0.3) is 0 Å². The summed E-state index contributed by atoms with van der Waals surface area (Å²) in [6, 6.07) is 4.58. The Bertz CT molecular complexity index is 381. The molecule has 0 aromatic heterocycles. The molecule has 0 aliphatic rings. The van der Waals surface area contributed by atoms with Crippen LogP contribution in [0.4, 0.5) is 5.69 Å². The highest BCUT2D eigenvalue weighted by molar-refractivity contribution is 5.53. The molecule has 0 fully saturated rings. The lowest BCUT2D eigenvalue weighted by Gasteiger charge is -2.11. The largest absolute Gasteiger partial charge is 0.490 e. The number of benzene rings is 1. The molecule has 0 spiro atoms. The molecule has 88 valence electrons. The number of methoxy groups -OCH3 is 1. The zero-order valence-corrected chi connectivity index (χ0v) is 8.92. The summed E-state index contributed by atoms with van der Waals surface area (Å²) in [5, 5.41) is 20.6. The van der Waals surface area contributed by atoms with Crippen molar-refractivity contribution in [3.63, 3.8) is 0 Å². The van der Waals surface area contributed by atoms with E-state index in [0.29, 0.717) is 0 Å². The molecule has 0 radical (unpaired) electrons. The summed E-state index contributed by atoms with van der Waals surface area (Å²) < 4.78 is 4.89. The van der Waals surface area contributed by atoms with Gasteiger partial charge >= 0.3 is 5.69 Å². The maximum absolute atomic E-state index is 10.9. The lowest BCUT2D eigenvalue weighted by atomic mass is 10.0. The molecule has 0 saturated carbocycles. The standard InChI is InChI=1S/C10H14N2O4/c1-16-9-4-2-3-7(8(13)5-6-11)10(9)12(14)15/h2-4,8,13H,5-6,11H2,1H3/t8-/m0/s1. The van der Waals surface area contributed by atoms with Crippen LogP contribution in [0, 0.1) is 10.1 Å². The molecule has 1 aromatic carbocycles. The summed E-state index contributed by atoms with van der Waals surface area (Å²) in [6.07, 6.45) is -0.672. The number of hydrogen-bond acceptors (Lipinski definition) is 5. The summed E-state index contributed by atoms with van der Waals surface area (Å²) in [5.74, 6) is 0.138. The van der Waals surface area contributed by atoms with Crippen LogP contribution in [0.3, 0.4) is 0 Å². The van der Waals surface area contributed by atoms with Crippen LogP contribution >= 0.6 is 0 Å². The number of aliphatic hydroxyl groups is 1. The van der Waals surface area contributed by atoms with Crippen molar-refractivity contribution in [1.29, 1.82) is 0 Å². The van der Waals surface area contributed by atoms with Gasteiger partial charge in [-0.15, -0.1) is 0 Å². The van der Waals surface area contributed by atoms with Gasteiger partial charge in [0.05, 0.1) is 23.7 Å². The number of para-hydroxylation sites is 1. The molecular formula is C10H14N2O4. The molecule has 6 nitrogen and oxygen atoms in total. The first kappa shape index (κ1) is 12.4. The Morgan fingerprint density at radius 2 is 2.31 bits per heavy atom. The number of nitrogens with zero attached hydrogens (tertiary/aromatic N) is 1. The summed E-state index contributed by atoms with van der Waals surface area (Å²) in [6.45, 7) is 0.259. The molecule has 0 aliphatic carbocycles. The van der Waals surface area contributed by atoms with E-state index in [-0.39, 0.29) is 30.0 Å². The van der Waals surface area contributed by atoms with Gasteiger partial charge in [-0.05, 0) is 25.1 Å². The van der Waals surface area contributed by atoms with Gasteiger partial charge in [0.1, 0.15) is 0 Å². The first-order valence-electron chi connectivity index (χ1n) is 4.81. The van der Waals surface area contributed by atoms with E-state index in [1.54, 1.807) is 6.07 Å². The van der Waals surface area contributed by atoms with E-state index in [1.165, 1.54) is 19.2 Å². The number of hydrogen-bond donors (Lipinski definition) is 2. The third kappa shape index (κ3) is 2.47. The molecule has 3 N–H and O–H groups in total. The molecule has 0 heterocycles. The van der Waals surface area contributed by atoms with E-state index >= 15 is 0 Å². The van der Waals surface area contributed by atoms with E-state index in [9.17, 15) is 15.2 Å². The van der Waals surface area contributed by atoms with Crippen LogP contribution in [0.1, 0.15) is 18.1 Å². The Hall–Kier alpha value is -1.66. The molecule has 1 rings (SSSR count). The van der Waals surface area contributed by atoms with Crippen LogP contribution in [0.25, 0.3) is 0 Å². The predicted molar refractivity (Wildman–Crippen MR) is 58.3 cm³/mol. The molecule has 1 aromatic rings. The van der Waals surface area contributed by atoms with E-state index in [2.05, 4.69) is 0 Å². The Kier molecular flexibility index (Phi) is 4.21. The van der Waals surface area contributed by atoms with Gasteiger partial charge in [-0.3, -0.25) is 10.1 Å². The lowest BCUT2D eigenvalue weighted by molar-refractivity contribution is -0.387. The van der Waals surface area contributed by atoms with Crippen LogP contribution < -0.4 is 10.5 Å². The number of nitrogens with two attached hydrogens (primary N) is 1. The van der Waals surface area contributed by atoms with E-state index in [1.807, 2.05) is 0 Å². The van der Waals surface area contributed by atoms with Gasteiger partial charge in [0, 0.05) is 0 Å². The van der Waals surface area contributed by atoms with Gasteiger partial charge in [-0.25, -0.2) is 0 Å². The number of nitro groups is 1. The molecule has 0 bridgehead atoms. The summed E-state index contributed by atoms with van der Waals surface area (Å²) in [5.41, 5.74) is 5.33.